The Morgan fingerprint density at radius 1 is 1.18 bits per heavy atom. The topological polar surface area (TPSA) is 70.1 Å². The van der Waals surface area contributed by atoms with E-state index in [1.165, 1.54) is 0 Å². The Bertz CT molecular complexity index is 674. The fraction of sp³-hybridized carbons (Fsp3) is 0.636. The minimum absolute atomic E-state index is 0.0743. The van der Waals surface area contributed by atoms with Gasteiger partial charge in [0.15, 0.2) is 0 Å². The first kappa shape index (κ1) is 20.6. The summed E-state index contributed by atoms with van der Waals surface area (Å²) in [4.78, 5) is 28.7. The van der Waals surface area contributed by atoms with Gasteiger partial charge in [-0.15, -0.1) is 0 Å². The maximum absolute atomic E-state index is 13.6. The Labute approximate surface area is 167 Å². The molecule has 154 valence electrons. The minimum atomic E-state index is -0.787. The first-order valence-corrected chi connectivity index (χ1v) is 10.4. The van der Waals surface area contributed by atoms with Gasteiger partial charge in [-0.2, -0.15) is 0 Å². The molecule has 0 spiro atoms. The van der Waals surface area contributed by atoms with Gasteiger partial charge < -0.3 is 14.7 Å². The number of hydrogen-bond donors (Lipinski definition) is 1. The van der Waals surface area contributed by atoms with Gasteiger partial charge in [-0.05, 0) is 49.9 Å². The molecule has 1 aliphatic heterocycles. The van der Waals surface area contributed by atoms with E-state index >= 15 is 0 Å². The zero-order valence-corrected chi connectivity index (χ0v) is 17.0. The lowest BCUT2D eigenvalue weighted by molar-refractivity contribution is -0.142. The van der Waals surface area contributed by atoms with E-state index in [2.05, 4.69) is 0 Å². The summed E-state index contributed by atoms with van der Waals surface area (Å²) in [6.07, 6.45) is 5.64. The first-order valence-electron chi connectivity index (χ1n) is 10.4. The number of rotatable bonds is 7. The van der Waals surface area contributed by atoms with Gasteiger partial charge in [0.2, 0.25) is 5.91 Å². The molecule has 1 saturated carbocycles. The molecule has 1 aromatic rings. The van der Waals surface area contributed by atoms with E-state index in [0.717, 1.165) is 56.4 Å². The third-order valence-corrected chi connectivity index (χ3v) is 6.52. The zero-order chi connectivity index (χ0) is 20.1. The Morgan fingerprint density at radius 2 is 1.79 bits per heavy atom. The summed E-state index contributed by atoms with van der Waals surface area (Å²) in [6, 6.07) is 8.21. The maximum atomic E-state index is 13.6. The molecule has 1 N–H and O–H groups in total. The van der Waals surface area contributed by atoms with E-state index in [-0.39, 0.29) is 18.5 Å². The number of aliphatic carboxylic acids is 1. The first-order chi connectivity index (χ1) is 13.5. The number of carboxylic acids is 1. The normalized spacial score (nSPS) is 19.8. The molecular weight excluding hydrogens is 356 g/mol. The zero-order valence-electron chi connectivity index (χ0n) is 17.0. The molecule has 1 aromatic carbocycles. The van der Waals surface area contributed by atoms with E-state index < -0.39 is 11.4 Å². The molecule has 6 nitrogen and oxygen atoms in total. The highest BCUT2D eigenvalue weighted by Gasteiger charge is 2.45. The number of likely N-dealkylation sites (N-methyl/N-ethyl adjacent to an activating group) is 1. The summed E-state index contributed by atoms with van der Waals surface area (Å²) in [5, 5.41) is 9.11. The molecule has 2 fully saturated rings. The van der Waals surface area contributed by atoms with Gasteiger partial charge in [0.05, 0.1) is 19.1 Å². The van der Waals surface area contributed by atoms with Crippen molar-refractivity contribution >= 4 is 11.9 Å². The second kappa shape index (κ2) is 8.95. The summed E-state index contributed by atoms with van der Waals surface area (Å²) in [7, 11) is 1.65. The van der Waals surface area contributed by atoms with Crippen molar-refractivity contribution in [3.63, 3.8) is 0 Å². The molecule has 1 aliphatic carbocycles. The van der Waals surface area contributed by atoms with E-state index in [9.17, 15) is 9.59 Å². The van der Waals surface area contributed by atoms with Crippen molar-refractivity contribution in [1.29, 1.82) is 0 Å². The number of benzene rings is 1. The minimum Gasteiger partial charge on any atom is -0.497 e. The Kier molecular flexibility index (Phi) is 6.60. The van der Waals surface area contributed by atoms with Crippen LogP contribution in [0.15, 0.2) is 24.3 Å². The number of methoxy groups -OCH3 is 1. The van der Waals surface area contributed by atoms with Gasteiger partial charge in [0.1, 0.15) is 5.75 Å². The SMILES string of the molecule is CCN(CC(=O)O)C1CCN(C(=O)C2(c3ccc(OC)cc3)CCCC2)CC1. The quantitative estimate of drug-likeness (QED) is 0.778. The van der Waals surface area contributed by atoms with Crippen molar-refractivity contribution in [3.8, 4) is 5.75 Å². The second-order valence-corrected chi connectivity index (χ2v) is 8.00. The molecule has 0 atom stereocenters. The Hall–Kier alpha value is -2.08. The molecule has 0 bridgehead atoms. The number of hydrogen-bond acceptors (Lipinski definition) is 4. The maximum Gasteiger partial charge on any atom is 0.317 e. The molecular formula is C22H32N2O4. The van der Waals surface area contributed by atoms with Crippen LogP contribution in [0.3, 0.4) is 0 Å². The summed E-state index contributed by atoms with van der Waals surface area (Å²) in [5.74, 6) is 0.267. The van der Waals surface area contributed by atoms with Crippen molar-refractivity contribution < 1.29 is 19.4 Å². The number of piperidine rings is 1. The Morgan fingerprint density at radius 3 is 2.29 bits per heavy atom. The van der Waals surface area contributed by atoms with Crippen LogP contribution in [-0.4, -0.2) is 66.1 Å². The van der Waals surface area contributed by atoms with Crippen LogP contribution in [0.5, 0.6) is 5.75 Å². The van der Waals surface area contributed by atoms with E-state index in [4.69, 9.17) is 9.84 Å². The van der Waals surface area contributed by atoms with Crippen LogP contribution in [0.1, 0.15) is 51.0 Å². The van der Waals surface area contributed by atoms with Crippen molar-refractivity contribution in [2.75, 3.05) is 33.3 Å². The third kappa shape index (κ3) is 4.17. The number of carboxylic acid groups (broad SMARTS) is 1. The van der Waals surface area contributed by atoms with Crippen molar-refractivity contribution in [2.24, 2.45) is 0 Å². The largest absolute Gasteiger partial charge is 0.497 e. The molecule has 3 rings (SSSR count). The van der Waals surface area contributed by atoms with E-state index in [1.807, 2.05) is 41.0 Å². The van der Waals surface area contributed by atoms with Gasteiger partial charge in [0.25, 0.3) is 0 Å². The molecule has 6 heteroatoms. The van der Waals surface area contributed by atoms with Crippen molar-refractivity contribution in [3.05, 3.63) is 29.8 Å². The lowest BCUT2D eigenvalue weighted by atomic mass is 9.77. The number of ether oxygens (including phenoxy) is 1. The highest BCUT2D eigenvalue weighted by molar-refractivity contribution is 5.88. The third-order valence-electron chi connectivity index (χ3n) is 6.52. The van der Waals surface area contributed by atoms with Gasteiger partial charge in [0, 0.05) is 19.1 Å². The summed E-state index contributed by atoms with van der Waals surface area (Å²) in [5.41, 5.74) is 0.684. The van der Waals surface area contributed by atoms with Gasteiger partial charge in [-0.1, -0.05) is 31.9 Å². The average molecular weight is 389 g/mol. The summed E-state index contributed by atoms with van der Waals surface area (Å²) >= 11 is 0. The highest BCUT2D eigenvalue weighted by atomic mass is 16.5. The molecule has 1 heterocycles. The predicted octanol–water partition coefficient (Wildman–Crippen LogP) is 2.90. The predicted molar refractivity (Wildman–Crippen MR) is 108 cm³/mol. The molecule has 1 saturated heterocycles. The number of nitrogens with zero attached hydrogens (tertiary/aromatic N) is 2. The van der Waals surface area contributed by atoms with E-state index in [0.29, 0.717) is 13.1 Å². The molecule has 1 amide bonds. The van der Waals surface area contributed by atoms with Gasteiger partial charge in [-0.25, -0.2) is 0 Å². The fourth-order valence-corrected chi connectivity index (χ4v) is 4.92. The summed E-state index contributed by atoms with van der Waals surface area (Å²) < 4.78 is 5.27. The van der Waals surface area contributed by atoms with Crippen molar-refractivity contribution in [1.82, 2.24) is 9.80 Å². The van der Waals surface area contributed by atoms with Crippen LogP contribution in [0.2, 0.25) is 0 Å². The fourth-order valence-electron chi connectivity index (χ4n) is 4.92. The second-order valence-electron chi connectivity index (χ2n) is 8.00. The van der Waals surface area contributed by atoms with Crippen LogP contribution in [0.4, 0.5) is 0 Å². The van der Waals surface area contributed by atoms with Crippen LogP contribution in [-0.2, 0) is 15.0 Å². The van der Waals surface area contributed by atoms with Gasteiger partial charge >= 0.3 is 5.97 Å². The Balaban J connectivity index is 1.70. The number of likely N-dealkylation sites (tertiary alicyclic amines) is 1. The molecule has 0 radical (unpaired) electrons. The monoisotopic (exact) mass is 388 g/mol. The summed E-state index contributed by atoms with van der Waals surface area (Å²) in [6.45, 7) is 4.21. The van der Waals surface area contributed by atoms with Crippen molar-refractivity contribution in [2.45, 2.75) is 56.9 Å². The molecule has 0 aromatic heterocycles. The van der Waals surface area contributed by atoms with Crippen LogP contribution < -0.4 is 4.74 Å². The molecule has 0 unspecified atom stereocenters. The van der Waals surface area contributed by atoms with Crippen LogP contribution in [0, 0.1) is 0 Å². The number of carbonyl (C=O) groups is 2. The lowest BCUT2D eigenvalue weighted by Crippen LogP contribution is -2.52. The van der Waals surface area contributed by atoms with Crippen LogP contribution in [0.25, 0.3) is 0 Å². The number of amides is 1. The van der Waals surface area contributed by atoms with Crippen LogP contribution >= 0.6 is 0 Å². The molecule has 2 aliphatic rings. The van der Waals surface area contributed by atoms with E-state index in [1.54, 1.807) is 7.11 Å². The lowest BCUT2D eigenvalue weighted by Gasteiger charge is -2.41. The van der Waals surface area contributed by atoms with Gasteiger partial charge in [-0.3, -0.25) is 14.5 Å². The smallest absolute Gasteiger partial charge is 0.317 e. The standard InChI is InChI=1S/C22H32N2O4/c1-3-23(16-20(25)26)18-10-14-24(15-11-18)21(27)22(12-4-5-13-22)17-6-8-19(28-2)9-7-17/h6-9,18H,3-5,10-16H2,1-2H3,(H,25,26). The average Bonchev–Trinajstić information content (AvgIpc) is 3.22. The highest BCUT2D eigenvalue weighted by Crippen LogP contribution is 2.43. The number of carbonyl (C=O) groups excluding carboxylic acids is 1. The molecule has 28 heavy (non-hydrogen) atoms.